The van der Waals surface area contributed by atoms with Gasteiger partial charge in [-0.15, -0.1) is 0 Å². The van der Waals surface area contributed by atoms with Gasteiger partial charge in [0.15, 0.2) is 5.11 Å². The molecule has 7 nitrogen and oxygen atoms in total. The predicted octanol–water partition coefficient (Wildman–Crippen LogP) is 1.13. The maximum atomic E-state index is 10.5. The number of nitro groups is 1. The fraction of sp³-hybridized carbons (Fsp3) is 0.364. The molecule has 8 heteroatoms. The van der Waals surface area contributed by atoms with Gasteiger partial charge in [0, 0.05) is 30.9 Å². The first kappa shape index (κ1) is 13.7. The molecule has 0 atom stereocenters. The zero-order valence-electron chi connectivity index (χ0n) is 10.2. The van der Waals surface area contributed by atoms with E-state index in [0.29, 0.717) is 24.0 Å². The number of nitrogens with one attached hydrogen (secondary N) is 2. The van der Waals surface area contributed by atoms with Gasteiger partial charge in [0.1, 0.15) is 0 Å². The molecule has 0 bridgehead atoms. The summed E-state index contributed by atoms with van der Waals surface area (Å²) in [4.78, 5) is 10.1. The van der Waals surface area contributed by atoms with Crippen molar-refractivity contribution in [3.05, 3.63) is 34.4 Å². The number of non-ortho nitro benzene ring substituents is 1. The number of ether oxygens (including phenoxy) is 1. The van der Waals surface area contributed by atoms with Gasteiger partial charge in [0.2, 0.25) is 0 Å². The summed E-state index contributed by atoms with van der Waals surface area (Å²) >= 11 is 5.16. The number of hydrazine groups is 1. The average molecular weight is 282 g/mol. The first-order valence-corrected chi connectivity index (χ1v) is 6.21. The molecule has 0 saturated carbocycles. The minimum absolute atomic E-state index is 0.0533. The van der Waals surface area contributed by atoms with Crippen LogP contribution >= 0.6 is 12.2 Å². The molecule has 1 aliphatic heterocycles. The fourth-order valence-electron chi connectivity index (χ4n) is 1.64. The molecule has 102 valence electrons. The molecule has 0 aromatic heterocycles. The summed E-state index contributed by atoms with van der Waals surface area (Å²) in [7, 11) is 0. The maximum absolute atomic E-state index is 10.5. The summed E-state index contributed by atoms with van der Waals surface area (Å²) in [5, 5.41) is 15.9. The second-order valence-electron chi connectivity index (χ2n) is 3.97. The highest BCUT2D eigenvalue weighted by molar-refractivity contribution is 7.80. The van der Waals surface area contributed by atoms with Gasteiger partial charge < -0.3 is 10.1 Å². The van der Waals surface area contributed by atoms with Crippen molar-refractivity contribution in [1.29, 1.82) is 0 Å². The molecule has 0 spiro atoms. The van der Waals surface area contributed by atoms with Gasteiger partial charge in [-0.3, -0.25) is 15.5 Å². The van der Waals surface area contributed by atoms with Gasteiger partial charge in [0.25, 0.3) is 5.69 Å². The van der Waals surface area contributed by atoms with Crippen LogP contribution in [-0.4, -0.2) is 41.3 Å². The number of nitro benzene ring substituents is 1. The highest BCUT2D eigenvalue weighted by atomic mass is 32.1. The van der Waals surface area contributed by atoms with E-state index in [4.69, 9.17) is 17.0 Å². The van der Waals surface area contributed by atoms with Crippen LogP contribution in [0.3, 0.4) is 0 Å². The molecule has 1 aromatic rings. The third-order valence-corrected chi connectivity index (χ3v) is 2.80. The first-order valence-electron chi connectivity index (χ1n) is 5.80. The molecular weight excluding hydrogens is 268 g/mol. The van der Waals surface area contributed by atoms with Crippen molar-refractivity contribution in [2.24, 2.45) is 0 Å². The van der Waals surface area contributed by atoms with Crippen molar-refractivity contribution in [1.82, 2.24) is 10.4 Å². The third kappa shape index (κ3) is 4.12. The van der Waals surface area contributed by atoms with Gasteiger partial charge >= 0.3 is 0 Å². The molecule has 0 amide bonds. The lowest BCUT2D eigenvalue weighted by molar-refractivity contribution is -0.384. The van der Waals surface area contributed by atoms with E-state index in [1.165, 1.54) is 12.1 Å². The van der Waals surface area contributed by atoms with E-state index in [0.717, 1.165) is 13.1 Å². The lowest BCUT2D eigenvalue weighted by atomic mass is 10.3. The molecule has 1 heterocycles. The summed E-state index contributed by atoms with van der Waals surface area (Å²) in [6, 6.07) is 6.09. The van der Waals surface area contributed by atoms with Crippen LogP contribution in [-0.2, 0) is 4.74 Å². The average Bonchev–Trinajstić information content (AvgIpc) is 2.40. The largest absolute Gasteiger partial charge is 0.379 e. The molecule has 1 aliphatic rings. The van der Waals surface area contributed by atoms with Gasteiger partial charge in [-0.2, -0.15) is 0 Å². The minimum atomic E-state index is -0.436. The van der Waals surface area contributed by atoms with Crippen molar-refractivity contribution in [2.75, 3.05) is 31.6 Å². The Hall–Kier alpha value is -1.77. The van der Waals surface area contributed by atoms with Crippen LogP contribution in [0.1, 0.15) is 0 Å². The highest BCUT2D eigenvalue weighted by Gasteiger charge is 2.11. The Morgan fingerprint density at radius 2 is 1.95 bits per heavy atom. The number of hydrogen-bond donors (Lipinski definition) is 2. The Morgan fingerprint density at radius 3 is 2.53 bits per heavy atom. The summed E-state index contributed by atoms with van der Waals surface area (Å²) in [5.74, 6) is 0. The molecule has 0 unspecified atom stereocenters. The molecule has 2 N–H and O–H groups in total. The number of thiocarbonyl (C=S) groups is 1. The summed E-state index contributed by atoms with van der Waals surface area (Å²) < 4.78 is 5.23. The zero-order chi connectivity index (χ0) is 13.7. The van der Waals surface area contributed by atoms with Crippen LogP contribution in [0.15, 0.2) is 24.3 Å². The van der Waals surface area contributed by atoms with E-state index in [2.05, 4.69) is 10.7 Å². The van der Waals surface area contributed by atoms with Crippen LogP contribution in [0.4, 0.5) is 11.4 Å². The van der Waals surface area contributed by atoms with E-state index in [1.807, 2.05) is 5.01 Å². The van der Waals surface area contributed by atoms with Crippen LogP contribution in [0.25, 0.3) is 0 Å². The van der Waals surface area contributed by atoms with Crippen LogP contribution in [0.5, 0.6) is 0 Å². The molecule has 19 heavy (non-hydrogen) atoms. The molecular formula is C11H14N4O3S. The second kappa shape index (κ2) is 6.41. The lowest BCUT2D eigenvalue weighted by Gasteiger charge is -2.28. The third-order valence-electron chi connectivity index (χ3n) is 2.61. The zero-order valence-corrected chi connectivity index (χ0v) is 11.0. The molecule has 1 fully saturated rings. The van der Waals surface area contributed by atoms with Gasteiger partial charge in [-0.1, -0.05) is 0 Å². The van der Waals surface area contributed by atoms with E-state index in [9.17, 15) is 10.1 Å². The molecule has 1 saturated heterocycles. The van der Waals surface area contributed by atoms with Crippen molar-refractivity contribution in [2.45, 2.75) is 0 Å². The molecule has 2 rings (SSSR count). The van der Waals surface area contributed by atoms with Gasteiger partial charge in [-0.25, -0.2) is 5.01 Å². The first-order chi connectivity index (χ1) is 9.15. The summed E-state index contributed by atoms with van der Waals surface area (Å²) in [5.41, 5.74) is 3.80. The molecule has 1 aromatic carbocycles. The highest BCUT2D eigenvalue weighted by Crippen LogP contribution is 2.15. The number of anilines is 1. The van der Waals surface area contributed by atoms with E-state index in [1.54, 1.807) is 12.1 Å². The van der Waals surface area contributed by atoms with E-state index >= 15 is 0 Å². The molecule has 0 radical (unpaired) electrons. The van der Waals surface area contributed by atoms with Crippen LogP contribution in [0.2, 0.25) is 0 Å². The summed E-state index contributed by atoms with van der Waals surface area (Å²) in [6.07, 6.45) is 0. The van der Waals surface area contributed by atoms with Crippen molar-refractivity contribution in [3.8, 4) is 0 Å². The number of nitrogens with zero attached hydrogens (tertiary/aromatic N) is 2. The van der Waals surface area contributed by atoms with Gasteiger partial charge in [-0.05, 0) is 24.4 Å². The standard InChI is InChI=1S/C11H14N4O3S/c16-15(17)10-3-1-9(2-4-10)12-11(19)13-14-5-7-18-8-6-14/h1-4H,5-8H2,(H2,12,13,19). The van der Waals surface area contributed by atoms with Crippen LogP contribution < -0.4 is 10.7 Å². The number of benzene rings is 1. The Morgan fingerprint density at radius 1 is 1.32 bits per heavy atom. The van der Waals surface area contributed by atoms with E-state index in [-0.39, 0.29) is 5.69 Å². The topological polar surface area (TPSA) is 79.7 Å². The monoisotopic (exact) mass is 282 g/mol. The summed E-state index contributed by atoms with van der Waals surface area (Å²) in [6.45, 7) is 2.88. The van der Waals surface area contributed by atoms with E-state index < -0.39 is 4.92 Å². The van der Waals surface area contributed by atoms with Gasteiger partial charge in [0.05, 0.1) is 18.1 Å². The Kier molecular flexibility index (Phi) is 4.61. The second-order valence-corrected chi connectivity index (χ2v) is 4.38. The number of morpholine rings is 1. The Bertz CT molecular complexity index is 460. The van der Waals surface area contributed by atoms with Crippen molar-refractivity contribution < 1.29 is 9.66 Å². The number of rotatable bonds is 3. The molecule has 0 aliphatic carbocycles. The maximum Gasteiger partial charge on any atom is 0.269 e. The smallest absolute Gasteiger partial charge is 0.269 e. The number of hydrogen-bond acceptors (Lipinski definition) is 5. The quantitative estimate of drug-likeness (QED) is 0.488. The predicted molar refractivity (Wildman–Crippen MR) is 74.8 cm³/mol. The van der Waals surface area contributed by atoms with Crippen LogP contribution in [0, 0.1) is 10.1 Å². The lowest BCUT2D eigenvalue weighted by Crippen LogP contribution is -2.49. The van der Waals surface area contributed by atoms with Crippen molar-refractivity contribution >= 4 is 28.7 Å². The fourth-order valence-corrected chi connectivity index (χ4v) is 1.89. The minimum Gasteiger partial charge on any atom is -0.379 e. The normalized spacial score (nSPS) is 15.8. The van der Waals surface area contributed by atoms with Crippen molar-refractivity contribution in [3.63, 3.8) is 0 Å². The Labute approximate surface area is 115 Å². The SMILES string of the molecule is O=[N+]([O-])c1ccc(NC(=S)NN2CCOCC2)cc1. The Balaban J connectivity index is 1.85.